The summed E-state index contributed by atoms with van der Waals surface area (Å²) in [6, 6.07) is 7.92. The van der Waals surface area contributed by atoms with E-state index in [2.05, 4.69) is 150 Å². The summed E-state index contributed by atoms with van der Waals surface area (Å²) in [4.78, 5) is 28.6. The SMILES string of the molecule is CC(C)(C)CCN1CCNS1(=O)=O.CC(C)(C)SCCc1ccccn1.CC(C)(C)c1cnccn1.CC(C)(C)c1cncnc1.CC(C)(C)c1ncccn1. The van der Waals surface area contributed by atoms with Gasteiger partial charge in [-0.1, -0.05) is 110 Å². The highest BCUT2D eigenvalue weighted by Crippen LogP contribution is 2.24. The molecule has 5 rings (SSSR count). The van der Waals surface area contributed by atoms with Crippen molar-refractivity contribution in [3.63, 3.8) is 0 Å². The van der Waals surface area contributed by atoms with Crippen molar-refractivity contribution in [2.45, 2.75) is 138 Å². The zero-order chi connectivity index (χ0) is 42.7. The lowest BCUT2D eigenvalue weighted by atomic mass is 9.89. The molecule has 1 saturated heterocycles. The van der Waals surface area contributed by atoms with Gasteiger partial charge >= 0.3 is 0 Å². The Bertz CT molecular complexity index is 1600. The molecule has 0 atom stereocenters. The second-order valence-electron chi connectivity index (χ2n) is 18.7. The van der Waals surface area contributed by atoms with E-state index in [1.54, 1.807) is 37.3 Å². The molecule has 1 fully saturated rings. The van der Waals surface area contributed by atoms with Gasteiger partial charge in [-0.3, -0.25) is 15.0 Å². The molecule has 0 unspecified atom stereocenters. The van der Waals surface area contributed by atoms with Crippen LogP contribution in [0.3, 0.4) is 0 Å². The van der Waals surface area contributed by atoms with E-state index in [4.69, 9.17) is 0 Å². The summed E-state index contributed by atoms with van der Waals surface area (Å²) >= 11 is 1.99. The third-order valence-electron chi connectivity index (χ3n) is 7.71. The molecule has 0 aliphatic carbocycles. The summed E-state index contributed by atoms with van der Waals surface area (Å²) in [5.41, 5.74) is 3.96. The molecular formula is C43H71N9O2S2. The van der Waals surface area contributed by atoms with Crippen LogP contribution < -0.4 is 4.72 Å². The summed E-state index contributed by atoms with van der Waals surface area (Å²) in [5, 5.41) is 0. The summed E-state index contributed by atoms with van der Waals surface area (Å²) < 4.78 is 26.9. The average Bonchev–Trinajstić information content (AvgIpc) is 3.45. The smallest absolute Gasteiger partial charge is 0.261 e. The number of rotatable bonds is 5. The van der Waals surface area contributed by atoms with Crippen LogP contribution in [0, 0.1) is 5.41 Å². The summed E-state index contributed by atoms with van der Waals surface area (Å²) in [6.45, 7) is 34.0. The van der Waals surface area contributed by atoms with Gasteiger partial charge in [-0.05, 0) is 53.2 Å². The van der Waals surface area contributed by atoms with Gasteiger partial charge in [0.05, 0.1) is 5.69 Å². The van der Waals surface area contributed by atoms with Crippen molar-refractivity contribution in [2.75, 3.05) is 25.4 Å². The molecule has 13 heteroatoms. The number of hydrogen-bond acceptors (Lipinski definition) is 10. The molecule has 312 valence electrons. The highest BCUT2D eigenvalue weighted by Gasteiger charge is 2.28. The molecule has 4 aromatic rings. The van der Waals surface area contributed by atoms with Crippen LogP contribution in [0.25, 0.3) is 0 Å². The molecule has 1 N–H and O–H groups in total. The van der Waals surface area contributed by atoms with Crippen molar-refractivity contribution in [3.05, 3.63) is 103 Å². The lowest BCUT2D eigenvalue weighted by molar-refractivity contribution is 0.322. The number of pyridine rings is 1. The van der Waals surface area contributed by atoms with Crippen LogP contribution in [0.2, 0.25) is 0 Å². The molecule has 0 radical (unpaired) electrons. The Hall–Kier alpha value is -3.39. The maximum atomic E-state index is 11.3. The fourth-order valence-corrected chi connectivity index (χ4v) is 6.39. The second kappa shape index (κ2) is 23.1. The molecule has 5 heterocycles. The van der Waals surface area contributed by atoms with Crippen molar-refractivity contribution in [1.82, 2.24) is 43.9 Å². The third-order valence-corrected chi connectivity index (χ3v) is 10.6. The van der Waals surface area contributed by atoms with E-state index in [-0.39, 0.29) is 21.7 Å². The quantitative estimate of drug-likeness (QED) is 0.208. The number of nitrogens with zero attached hydrogens (tertiary/aromatic N) is 8. The van der Waals surface area contributed by atoms with Gasteiger partial charge < -0.3 is 0 Å². The van der Waals surface area contributed by atoms with E-state index in [9.17, 15) is 8.42 Å². The molecular weight excluding hydrogens is 739 g/mol. The topological polar surface area (TPSA) is 140 Å². The molecule has 0 bridgehead atoms. The number of hydrogen-bond donors (Lipinski definition) is 1. The monoisotopic (exact) mass is 810 g/mol. The van der Waals surface area contributed by atoms with Gasteiger partial charge in [-0.15, -0.1) is 0 Å². The molecule has 1 aliphatic heterocycles. The van der Waals surface area contributed by atoms with Gasteiger partial charge in [0, 0.05) is 90.5 Å². The maximum Gasteiger partial charge on any atom is 0.279 e. The standard InChI is InChI=1S/C11H17NS.C8H18N2O2S.3C8H12N2/c1-11(2,3)13-9-7-10-6-4-5-8-12-10;1-8(2,3)4-6-10-7-5-9-13(10,11)12;1-8(2,3)7-4-9-6-10-5-7;1-8(2,3)7-6-9-4-5-10-7;1-8(2,3)7-9-5-4-6-10-7/h4-6,8H,7,9H2,1-3H3;9H,4-7H2,1-3H3;3*4-6H,1-3H3. The van der Waals surface area contributed by atoms with Gasteiger partial charge in [-0.25, -0.2) is 24.7 Å². The van der Waals surface area contributed by atoms with E-state index < -0.39 is 10.2 Å². The summed E-state index contributed by atoms with van der Waals surface area (Å²) in [7, 11) is -3.13. The number of aryl methyl sites for hydroxylation is 1. The Kier molecular flexibility index (Phi) is 20.9. The zero-order valence-corrected chi connectivity index (χ0v) is 38.6. The Morgan fingerprint density at radius 3 is 1.66 bits per heavy atom. The number of thioether (sulfide) groups is 1. The van der Waals surface area contributed by atoms with Crippen molar-refractivity contribution in [2.24, 2.45) is 5.41 Å². The van der Waals surface area contributed by atoms with Crippen LogP contribution in [0.15, 0.2) is 80.2 Å². The van der Waals surface area contributed by atoms with Gasteiger partial charge in [0.15, 0.2) is 0 Å². The lowest BCUT2D eigenvalue weighted by Gasteiger charge is -2.21. The number of nitrogens with one attached hydrogen (secondary N) is 1. The first-order valence-corrected chi connectivity index (χ1v) is 21.7. The minimum Gasteiger partial charge on any atom is -0.261 e. The minimum absolute atomic E-state index is 0.0707. The van der Waals surface area contributed by atoms with Crippen molar-refractivity contribution < 1.29 is 8.42 Å². The molecule has 1 aliphatic rings. The molecule has 0 aromatic carbocycles. The second-order valence-corrected chi connectivity index (χ2v) is 22.4. The zero-order valence-electron chi connectivity index (χ0n) is 37.0. The summed E-state index contributed by atoms with van der Waals surface area (Å²) in [6.07, 6.45) is 17.8. The van der Waals surface area contributed by atoms with Crippen LogP contribution >= 0.6 is 11.8 Å². The Labute approximate surface area is 344 Å². The maximum absolute atomic E-state index is 11.3. The van der Waals surface area contributed by atoms with Gasteiger partial charge in [0.2, 0.25) is 0 Å². The van der Waals surface area contributed by atoms with Crippen LogP contribution in [0.5, 0.6) is 0 Å². The first-order valence-electron chi connectivity index (χ1n) is 19.3. The molecule has 0 saturated carbocycles. The van der Waals surface area contributed by atoms with Crippen LogP contribution in [-0.4, -0.2) is 77.7 Å². The highest BCUT2D eigenvalue weighted by molar-refractivity contribution is 8.00. The normalized spacial score (nSPS) is 14.3. The molecule has 11 nitrogen and oxygen atoms in total. The average molecular weight is 810 g/mol. The van der Waals surface area contributed by atoms with Gasteiger partial charge in [-0.2, -0.15) is 24.5 Å². The Balaban J connectivity index is 0.000000352. The predicted octanol–water partition coefficient (Wildman–Crippen LogP) is 9.05. The minimum atomic E-state index is -3.13. The van der Waals surface area contributed by atoms with E-state index in [0.717, 1.165) is 30.1 Å². The van der Waals surface area contributed by atoms with Gasteiger partial charge in [0.1, 0.15) is 12.2 Å². The van der Waals surface area contributed by atoms with Crippen molar-refractivity contribution >= 4 is 22.0 Å². The van der Waals surface area contributed by atoms with Crippen molar-refractivity contribution in [1.29, 1.82) is 0 Å². The summed E-state index contributed by atoms with van der Waals surface area (Å²) in [5.74, 6) is 2.05. The fraction of sp³-hybridized carbons (Fsp3) is 0.605. The highest BCUT2D eigenvalue weighted by atomic mass is 32.2. The third kappa shape index (κ3) is 23.6. The number of aromatic nitrogens is 7. The Morgan fingerprint density at radius 2 is 1.29 bits per heavy atom. The van der Waals surface area contributed by atoms with Gasteiger partial charge in [0.25, 0.3) is 10.2 Å². The predicted molar refractivity (Wildman–Crippen MR) is 235 cm³/mol. The van der Waals surface area contributed by atoms with Crippen LogP contribution in [-0.2, 0) is 32.9 Å². The first kappa shape index (κ1) is 50.6. The van der Waals surface area contributed by atoms with Crippen LogP contribution in [0.1, 0.15) is 133 Å². The Morgan fingerprint density at radius 1 is 0.679 bits per heavy atom. The van der Waals surface area contributed by atoms with Crippen molar-refractivity contribution in [3.8, 4) is 0 Å². The largest absolute Gasteiger partial charge is 0.279 e. The van der Waals surface area contributed by atoms with Crippen LogP contribution in [0.4, 0.5) is 0 Å². The van der Waals surface area contributed by atoms with E-state index in [1.807, 2.05) is 48.6 Å². The fourth-order valence-electron chi connectivity index (χ4n) is 4.27. The first-order chi connectivity index (χ1) is 25.7. The lowest BCUT2D eigenvalue weighted by Crippen LogP contribution is -2.32. The molecule has 4 aromatic heterocycles. The molecule has 0 amide bonds. The molecule has 0 spiro atoms. The van der Waals surface area contributed by atoms with E-state index >= 15 is 0 Å². The van der Waals surface area contributed by atoms with E-state index in [0.29, 0.717) is 24.4 Å². The molecule has 56 heavy (non-hydrogen) atoms. The van der Waals surface area contributed by atoms with E-state index in [1.165, 1.54) is 15.6 Å².